The summed E-state index contributed by atoms with van der Waals surface area (Å²) in [6.45, 7) is 6.53. The number of unbranched alkanes of at least 4 members (excludes halogenated alkanes) is 33. The number of ether oxygens (including phenoxy) is 3. The smallest absolute Gasteiger partial charge is 0.306 e. The number of allylic oxidation sites excluding steroid dienone is 10. The quantitative estimate of drug-likeness (QED) is 0.0262. The van der Waals surface area contributed by atoms with Crippen molar-refractivity contribution in [2.45, 2.75) is 309 Å². The minimum absolute atomic E-state index is 0.0732. The highest BCUT2D eigenvalue weighted by Gasteiger charge is 2.19. The van der Waals surface area contributed by atoms with Crippen molar-refractivity contribution < 1.29 is 28.6 Å². The van der Waals surface area contributed by atoms with Gasteiger partial charge in [0.15, 0.2) is 6.10 Å². The molecule has 0 spiro atoms. The number of carbonyl (C=O) groups excluding carboxylic acids is 3. The Labute approximate surface area is 428 Å². The molecule has 0 saturated heterocycles. The van der Waals surface area contributed by atoms with Crippen molar-refractivity contribution in [1.82, 2.24) is 0 Å². The van der Waals surface area contributed by atoms with Crippen LogP contribution in [0.25, 0.3) is 0 Å². The summed E-state index contributed by atoms with van der Waals surface area (Å²) in [5, 5.41) is 0. The summed E-state index contributed by atoms with van der Waals surface area (Å²) >= 11 is 0. The van der Waals surface area contributed by atoms with Crippen LogP contribution in [0, 0.1) is 0 Å². The van der Waals surface area contributed by atoms with Crippen LogP contribution in [0.4, 0.5) is 0 Å². The Morgan fingerprint density at radius 3 is 0.899 bits per heavy atom. The first-order chi connectivity index (χ1) is 34.0. The second-order valence-electron chi connectivity index (χ2n) is 19.9. The van der Waals surface area contributed by atoms with Crippen molar-refractivity contribution in [2.75, 3.05) is 13.2 Å². The lowest BCUT2D eigenvalue weighted by Gasteiger charge is -2.18. The number of rotatable bonds is 54. The maximum Gasteiger partial charge on any atom is 0.306 e. The summed E-state index contributed by atoms with van der Waals surface area (Å²) in [5.41, 5.74) is 0. The lowest BCUT2D eigenvalue weighted by atomic mass is 10.0. The van der Waals surface area contributed by atoms with Gasteiger partial charge in [-0.25, -0.2) is 0 Å². The molecular weight excluding hydrogens is 853 g/mol. The molecule has 0 aliphatic carbocycles. The fraction of sp³-hybridized carbons (Fsp3) is 0.794. The Hall–Kier alpha value is -2.89. The largest absolute Gasteiger partial charge is 0.462 e. The fourth-order valence-electron chi connectivity index (χ4n) is 8.55. The van der Waals surface area contributed by atoms with E-state index in [1.165, 1.54) is 180 Å². The predicted molar refractivity (Wildman–Crippen MR) is 298 cm³/mol. The Bertz CT molecular complexity index is 1250. The lowest BCUT2D eigenvalue weighted by Crippen LogP contribution is -2.30. The van der Waals surface area contributed by atoms with Gasteiger partial charge in [0, 0.05) is 19.3 Å². The molecule has 0 aliphatic rings. The van der Waals surface area contributed by atoms with Gasteiger partial charge in [-0.2, -0.15) is 0 Å². The zero-order valence-electron chi connectivity index (χ0n) is 45.8. The molecule has 6 nitrogen and oxygen atoms in total. The third kappa shape index (κ3) is 55.9. The molecule has 0 bridgehead atoms. The SMILES string of the molecule is CC/C=C\C/C=C\C/C=C\C/C=C\CCCCCCCCCCCCCCC(=O)OCC(COC(=O)CCCCCCCCCCC)OC(=O)CCCCCCCCC/C=C\CCCCCCCC. The highest BCUT2D eigenvalue weighted by Crippen LogP contribution is 2.16. The van der Waals surface area contributed by atoms with Gasteiger partial charge in [0.2, 0.25) is 0 Å². The predicted octanol–water partition coefficient (Wildman–Crippen LogP) is 20.0. The molecular formula is C63H112O6. The number of carbonyl (C=O) groups is 3. The number of hydrogen-bond acceptors (Lipinski definition) is 6. The molecule has 0 amide bonds. The summed E-state index contributed by atoms with van der Waals surface area (Å²) in [4.78, 5) is 38.1. The molecule has 0 radical (unpaired) electrons. The molecule has 69 heavy (non-hydrogen) atoms. The number of hydrogen-bond donors (Lipinski definition) is 0. The van der Waals surface area contributed by atoms with Gasteiger partial charge >= 0.3 is 17.9 Å². The van der Waals surface area contributed by atoms with Gasteiger partial charge in [-0.15, -0.1) is 0 Å². The third-order valence-corrected chi connectivity index (χ3v) is 13.0. The van der Waals surface area contributed by atoms with Gasteiger partial charge in [0.25, 0.3) is 0 Å². The zero-order chi connectivity index (χ0) is 50.0. The van der Waals surface area contributed by atoms with E-state index in [0.29, 0.717) is 19.3 Å². The molecule has 0 aromatic heterocycles. The van der Waals surface area contributed by atoms with Crippen molar-refractivity contribution >= 4 is 17.9 Å². The Balaban J connectivity index is 4.21. The Kier molecular flexibility index (Phi) is 55.3. The standard InChI is InChI=1S/C63H112O6/c1-4-7-10-13-16-19-21-23-25-27-28-29-30-31-32-33-34-36-37-39-41-44-47-50-53-56-62(65)68-59-60(58-67-61(64)55-52-49-46-43-18-15-12-9-6-3)69-63(66)57-54-51-48-45-42-40-38-35-26-24-22-20-17-14-11-8-5-2/h7,10,16,19,23-26,28-29,60H,4-6,8-9,11-15,17-18,20-22,27,30-59H2,1-3H3/b10-7-,19-16-,25-23-,26-24-,29-28-. The lowest BCUT2D eigenvalue weighted by molar-refractivity contribution is -0.167. The first-order valence-electron chi connectivity index (χ1n) is 29.8. The van der Waals surface area contributed by atoms with Gasteiger partial charge in [-0.1, -0.05) is 261 Å². The van der Waals surface area contributed by atoms with Crippen molar-refractivity contribution in [3.63, 3.8) is 0 Å². The molecule has 1 unspecified atom stereocenters. The monoisotopic (exact) mass is 965 g/mol. The summed E-state index contributed by atoms with van der Waals surface area (Å²) in [6.07, 6.45) is 72.2. The van der Waals surface area contributed by atoms with E-state index >= 15 is 0 Å². The fourth-order valence-corrected chi connectivity index (χ4v) is 8.55. The Morgan fingerprint density at radius 1 is 0.304 bits per heavy atom. The van der Waals surface area contributed by atoms with E-state index < -0.39 is 6.10 Å². The Morgan fingerprint density at radius 2 is 0.565 bits per heavy atom. The second-order valence-corrected chi connectivity index (χ2v) is 19.9. The maximum absolute atomic E-state index is 12.8. The molecule has 0 saturated carbocycles. The second kappa shape index (κ2) is 57.7. The van der Waals surface area contributed by atoms with E-state index in [0.717, 1.165) is 83.5 Å². The van der Waals surface area contributed by atoms with Crippen molar-refractivity contribution in [1.29, 1.82) is 0 Å². The van der Waals surface area contributed by atoms with Crippen LogP contribution in [-0.4, -0.2) is 37.2 Å². The van der Waals surface area contributed by atoms with Crippen LogP contribution in [0.5, 0.6) is 0 Å². The van der Waals surface area contributed by atoms with Gasteiger partial charge in [0.05, 0.1) is 0 Å². The minimum Gasteiger partial charge on any atom is -0.462 e. The molecule has 0 rings (SSSR count). The van der Waals surface area contributed by atoms with Gasteiger partial charge in [-0.3, -0.25) is 14.4 Å². The zero-order valence-corrected chi connectivity index (χ0v) is 45.8. The molecule has 0 heterocycles. The normalized spacial score (nSPS) is 12.4. The third-order valence-electron chi connectivity index (χ3n) is 13.0. The van der Waals surface area contributed by atoms with Crippen molar-refractivity contribution in [2.24, 2.45) is 0 Å². The van der Waals surface area contributed by atoms with Crippen molar-refractivity contribution in [3.8, 4) is 0 Å². The van der Waals surface area contributed by atoms with Crippen molar-refractivity contribution in [3.05, 3.63) is 60.8 Å². The first kappa shape index (κ1) is 66.1. The van der Waals surface area contributed by atoms with Crippen LogP contribution >= 0.6 is 0 Å². The van der Waals surface area contributed by atoms with E-state index in [4.69, 9.17) is 14.2 Å². The molecule has 400 valence electrons. The minimum atomic E-state index is -0.774. The number of esters is 3. The molecule has 0 aliphatic heterocycles. The average Bonchev–Trinajstić information content (AvgIpc) is 3.35. The van der Waals surface area contributed by atoms with Crippen LogP contribution in [0.15, 0.2) is 60.8 Å². The average molecular weight is 966 g/mol. The van der Waals surface area contributed by atoms with Crippen LogP contribution in [0.3, 0.4) is 0 Å². The summed E-state index contributed by atoms with van der Waals surface area (Å²) in [5.74, 6) is -0.870. The van der Waals surface area contributed by atoms with E-state index in [-0.39, 0.29) is 31.1 Å². The van der Waals surface area contributed by atoms with E-state index in [1.54, 1.807) is 0 Å². The molecule has 0 fully saturated rings. The van der Waals surface area contributed by atoms with E-state index in [9.17, 15) is 14.4 Å². The summed E-state index contributed by atoms with van der Waals surface area (Å²) in [7, 11) is 0. The highest BCUT2D eigenvalue weighted by molar-refractivity contribution is 5.71. The van der Waals surface area contributed by atoms with Crippen LogP contribution in [0.2, 0.25) is 0 Å². The maximum atomic E-state index is 12.8. The topological polar surface area (TPSA) is 78.9 Å². The molecule has 0 N–H and O–H groups in total. The summed E-state index contributed by atoms with van der Waals surface area (Å²) < 4.78 is 16.8. The molecule has 6 heteroatoms. The van der Waals surface area contributed by atoms with Gasteiger partial charge < -0.3 is 14.2 Å². The van der Waals surface area contributed by atoms with E-state index in [1.807, 2.05) is 0 Å². The van der Waals surface area contributed by atoms with Crippen LogP contribution in [0.1, 0.15) is 303 Å². The molecule has 1 atom stereocenters. The summed E-state index contributed by atoms with van der Waals surface area (Å²) in [6, 6.07) is 0. The van der Waals surface area contributed by atoms with E-state index in [2.05, 4.69) is 81.5 Å². The van der Waals surface area contributed by atoms with Gasteiger partial charge in [-0.05, 0) is 83.5 Å². The first-order valence-corrected chi connectivity index (χ1v) is 29.8. The molecule has 0 aromatic carbocycles. The highest BCUT2D eigenvalue weighted by atomic mass is 16.6. The van der Waals surface area contributed by atoms with Crippen LogP contribution in [-0.2, 0) is 28.6 Å². The molecule has 0 aromatic rings. The van der Waals surface area contributed by atoms with Gasteiger partial charge in [0.1, 0.15) is 13.2 Å². The van der Waals surface area contributed by atoms with Crippen LogP contribution < -0.4 is 0 Å².